The molecule has 5 nitrogen and oxygen atoms in total. The number of carbonyl (C=O) groups excluding carboxylic acids is 1. The molecule has 0 rings (SSSR count). The SMILES string of the molecule is C.CCOC(=O)CCOCCOCCOC. The predicted octanol–water partition coefficient (Wildman–Crippen LogP) is 1.26. The van der Waals surface area contributed by atoms with Gasteiger partial charge in [-0.1, -0.05) is 7.43 Å². The van der Waals surface area contributed by atoms with Gasteiger partial charge in [0.05, 0.1) is 46.1 Å². The van der Waals surface area contributed by atoms with E-state index in [9.17, 15) is 4.79 Å². The molecule has 0 fully saturated rings. The highest BCUT2D eigenvalue weighted by Gasteiger charge is 2.00. The fourth-order valence-corrected chi connectivity index (χ4v) is 0.853. The molecule has 0 aliphatic carbocycles. The Morgan fingerprint density at radius 3 is 2.12 bits per heavy atom. The van der Waals surface area contributed by atoms with Crippen LogP contribution in [-0.4, -0.2) is 52.7 Å². The van der Waals surface area contributed by atoms with Crippen LogP contribution < -0.4 is 0 Å². The lowest BCUT2D eigenvalue weighted by Crippen LogP contribution is -2.12. The second kappa shape index (κ2) is 14.3. The van der Waals surface area contributed by atoms with Crippen molar-refractivity contribution in [3.05, 3.63) is 0 Å². The average molecular weight is 236 g/mol. The van der Waals surface area contributed by atoms with E-state index in [0.717, 1.165) is 0 Å². The highest BCUT2D eigenvalue weighted by molar-refractivity contribution is 5.69. The molecular formula is C11H24O5. The van der Waals surface area contributed by atoms with Gasteiger partial charge >= 0.3 is 5.97 Å². The summed E-state index contributed by atoms with van der Waals surface area (Å²) in [6, 6.07) is 0. The molecule has 5 heteroatoms. The first kappa shape index (κ1) is 17.7. The summed E-state index contributed by atoms with van der Waals surface area (Å²) in [6.07, 6.45) is 0.298. The van der Waals surface area contributed by atoms with Gasteiger partial charge in [-0.25, -0.2) is 0 Å². The number of esters is 1. The van der Waals surface area contributed by atoms with Crippen LogP contribution in [0.15, 0.2) is 0 Å². The van der Waals surface area contributed by atoms with Crippen LogP contribution in [0.25, 0.3) is 0 Å². The summed E-state index contributed by atoms with van der Waals surface area (Å²) in [5.74, 6) is -0.224. The largest absolute Gasteiger partial charge is 0.466 e. The van der Waals surface area contributed by atoms with Gasteiger partial charge in [0, 0.05) is 7.11 Å². The molecule has 0 bridgehead atoms. The molecule has 0 atom stereocenters. The third-order valence-electron chi connectivity index (χ3n) is 1.56. The smallest absolute Gasteiger partial charge is 0.308 e. The van der Waals surface area contributed by atoms with E-state index in [4.69, 9.17) is 18.9 Å². The summed E-state index contributed by atoms with van der Waals surface area (Å²) in [5, 5.41) is 0. The van der Waals surface area contributed by atoms with Gasteiger partial charge in [-0.15, -0.1) is 0 Å². The van der Waals surface area contributed by atoms with E-state index in [1.807, 2.05) is 0 Å². The topological polar surface area (TPSA) is 54.0 Å². The zero-order chi connectivity index (χ0) is 11.4. The first-order valence-corrected chi connectivity index (χ1v) is 5.11. The lowest BCUT2D eigenvalue weighted by atomic mass is 10.5. The van der Waals surface area contributed by atoms with Crippen LogP contribution in [0.2, 0.25) is 0 Å². The molecular weight excluding hydrogens is 212 g/mol. The van der Waals surface area contributed by atoms with Gasteiger partial charge < -0.3 is 18.9 Å². The van der Waals surface area contributed by atoms with Crippen molar-refractivity contribution in [3.63, 3.8) is 0 Å². The quantitative estimate of drug-likeness (QED) is 0.422. The Labute approximate surface area is 98.0 Å². The highest BCUT2D eigenvalue weighted by Crippen LogP contribution is 1.88. The van der Waals surface area contributed by atoms with Gasteiger partial charge in [0.1, 0.15) is 0 Å². The second-order valence-electron chi connectivity index (χ2n) is 2.77. The van der Waals surface area contributed by atoms with Gasteiger partial charge in [-0.05, 0) is 6.92 Å². The van der Waals surface area contributed by atoms with Gasteiger partial charge in [0.25, 0.3) is 0 Å². The van der Waals surface area contributed by atoms with Crippen molar-refractivity contribution in [3.8, 4) is 0 Å². The molecule has 0 aliphatic heterocycles. The summed E-state index contributed by atoms with van der Waals surface area (Å²) < 4.78 is 19.9. The third-order valence-corrected chi connectivity index (χ3v) is 1.56. The van der Waals surface area contributed by atoms with E-state index in [2.05, 4.69) is 0 Å². The van der Waals surface area contributed by atoms with Crippen LogP contribution in [0, 0.1) is 0 Å². The summed E-state index contributed by atoms with van der Waals surface area (Å²) in [4.78, 5) is 10.9. The Hall–Kier alpha value is -0.650. The molecule has 0 saturated carbocycles. The molecule has 0 aliphatic rings. The highest BCUT2D eigenvalue weighted by atomic mass is 16.5. The number of rotatable bonds is 10. The lowest BCUT2D eigenvalue weighted by Gasteiger charge is -2.05. The van der Waals surface area contributed by atoms with Gasteiger partial charge in [0.15, 0.2) is 0 Å². The van der Waals surface area contributed by atoms with Crippen molar-refractivity contribution >= 4 is 5.97 Å². The maximum atomic E-state index is 10.9. The fourth-order valence-electron chi connectivity index (χ4n) is 0.853. The van der Waals surface area contributed by atoms with Crippen molar-refractivity contribution in [2.24, 2.45) is 0 Å². The van der Waals surface area contributed by atoms with Crippen molar-refractivity contribution in [1.82, 2.24) is 0 Å². The summed E-state index contributed by atoms with van der Waals surface area (Å²) in [5.41, 5.74) is 0. The number of ether oxygens (including phenoxy) is 4. The normalized spacial score (nSPS) is 9.62. The predicted molar refractivity (Wildman–Crippen MR) is 61.5 cm³/mol. The van der Waals surface area contributed by atoms with Crippen LogP contribution >= 0.6 is 0 Å². The summed E-state index contributed by atoms with van der Waals surface area (Å²) >= 11 is 0. The maximum Gasteiger partial charge on any atom is 0.308 e. The van der Waals surface area contributed by atoms with Crippen LogP contribution in [0.3, 0.4) is 0 Å². The number of hydrogen-bond acceptors (Lipinski definition) is 5. The van der Waals surface area contributed by atoms with E-state index in [1.165, 1.54) is 0 Å². The fraction of sp³-hybridized carbons (Fsp3) is 0.909. The molecule has 0 amide bonds. The van der Waals surface area contributed by atoms with E-state index in [1.54, 1.807) is 14.0 Å². The summed E-state index contributed by atoms with van der Waals surface area (Å²) in [6.45, 7) is 4.74. The first-order valence-electron chi connectivity index (χ1n) is 5.11. The Bertz CT molecular complexity index is 149. The molecule has 0 heterocycles. The third kappa shape index (κ3) is 13.4. The van der Waals surface area contributed by atoms with Crippen LogP contribution in [0.5, 0.6) is 0 Å². The Balaban J connectivity index is 0. The van der Waals surface area contributed by atoms with Gasteiger partial charge in [0.2, 0.25) is 0 Å². The minimum absolute atomic E-state index is 0. The molecule has 0 N–H and O–H groups in total. The number of carbonyl (C=O) groups is 1. The zero-order valence-electron chi connectivity index (χ0n) is 9.49. The molecule has 0 spiro atoms. The Kier molecular flexibility index (Phi) is 15.9. The first-order chi connectivity index (χ1) is 7.31. The van der Waals surface area contributed by atoms with Gasteiger partial charge in [-0.3, -0.25) is 4.79 Å². The van der Waals surface area contributed by atoms with E-state index in [0.29, 0.717) is 46.1 Å². The zero-order valence-corrected chi connectivity index (χ0v) is 9.49. The minimum atomic E-state index is -0.224. The maximum absolute atomic E-state index is 10.9. The molecule has 0 aromatic carbocycles. The molecule has 0 aromatic rings. The number of hydrogen-bond donors (Lipinski definition) is 0. The molecule has 0 unspecified atom stereocenters. The second-order valence-corrected chi connectivity index (χ2v) is 2.77. The van der Waals surface area contributed by atoms with E-state index < -0.39 is 0 Å². The molecule has 0 saturated heterocycles. The van der Waals surface area contributed by atoms with Crippen LogP contribution in [0.1, 0.15) is 20.8 Å². The Morgan fingerprint density at radius 2 is 1.56 bits per heavy atom. The van der Waals surface area contributed by atoms with Gasteiger partial charge in [-0.2, -0.15) is 0 Å². The molecule has 0 aromatic heterocycles. The number of methoxy groups -OCH3 is 1. The van der Waals surface area contributed by atoms with Crippen molar-refractivity contribution < 1.29 is 23.7 Å². The molecule has 16 heavy (non-hydrogen) atoms. The Morgan fingerprint density at radius 1 is 1.00 bits per heavy atom. The minimum Gasteiger partial charge on any atom is -0.466 e. The standard InChI is InChI=1S/C10H20O5.CH4/c1-3-15-10(11)4-5-13-8-9-14-7-6-12-2;/h3-9H2,1-2H3;1H4. The average Bonchev–Trinajstić information content (AvgIpc) is 2.22. The lowest BCUT2D eigenvalue weighted by molar-refractivity contribution is -0.144. The molecule has 98 valence electrons. The van der Waals surface area contributed by atoms with E-state index >= 15 is 0 Å². The van der Waals surface area contributed by atoms with Crippen molar-refractivity contribution in [2.75, 3.05) is 46.8 Å². The molecule has 0 radical (unpaired) electrons. The summed E-state index contributed by atoms with van der Waals surface area (Å²) in [7, 11) is 1.62. The van der Waals surface area contributed by atoms with E-state index in [-0.39, 0.29) is 13.4 Å². The van der Waals surface area contributed by atoms with Crippen LogP contribution in [0.4, 0.5) is 0 Å². The monoisotopic (exact) mass is 236 g/mol. The van der Waals surface area contributed by atoms with Crippen LogP contribution in [-0.2, 0) is 23.7 Å². The van der Waals surface area contributed by atoms with Crippen molar-refractivity contribution in [2.45, 2.75) is 20.8 Å². The van der Waals surface area contributed by atoms with Crippen molar-refractivity contribution in [1.29, 1.82) is 0 Å².